The maximum atomic E-state index is 11.4. The first-order valence-electron chi connectivity index (χ1n) is 5.54. The van der Waals surface area contributed by atoms with Gasteiger partial charge in [-0.2, -0.15) is 5.10 Å². The molecule has 0 saturated carbocycles. The van der Waals surface area contributed by atoms with Crippen LogP contribution in [-0.2, 0) is 14.3 Å². The third kappa shape index (κ3) is 4.97. The summed E-state index contributed by atoms with van der Waals surface area (Å²) < 4.78 is 11.7. The summed E-state index contributed by atoms with van der Waals surface area (Å²) in [7, 11) is 1.59. The number of hydrogen-bond acceptors (Lipinski definition) is 4. The number of nitrogens with one attached hydrogen (secondary N) is 1. The largest absolute Gasteiger partial charge is 0.382 e. The molecule has 1 N–H and O–H groups in total. The predicted octanol–water partition coefficient (Wildman–Crippen LogP) is 1.07. The van der Waals surface area contributed by atoms with E-state index in [1.54, 1.807) is 24.2 Å². The van der Waals surface area contributed by atoms with E-state index in [1.165, 1.54) is 0 Å². The Morgan fingerprint density at radius 2 is 2.29 bits per heavy atom. The Labute approximate surface area is 101 Å². The summed E-state index contributed by atoms with van der Waals surface area (Å²) in [6, 6.07) is 0.276. The summed E-state index contributed by atoms with van der Waals surface area (Å²) >= 11 is 0. The fourth-order valence-electron chi connectivity index (χ4n) is 1.19. The molecule has 6 nitrogen and oxygen atoms in total. The minimum atomic E-state index is -0.190. The van der Waals surface area contributed by atoms with Crippen molar-refractivity contribution >= 4 is 11.6 Å². The summed E-state index contributed by atoms with van der Waals surface area (Å²) in [6.45, 7) is 4.96. The van der Waals surface area contributed by atoms with Crippen LogP contribution >= 0.6 is 0 Å². The van der Waals surface area contributed by atoms with Crippen molar-refractivity contribution in [1.82, 2.24) is 9.78 Å². The molecule has 96 valence electrons. The van der Waals surface area contributed by atoms with Gasteiger partial charge in [0.2, 0.25) is 5.91 Å². The number of nitrogens with zero attached hydrogens (tertiary/aromatic N) is 2. The molecule has 6 heteroatoms. The zero-order chi connectivity index (χ0) is 12.7. The maximum Gasteiger partial charge on any atom is 0.250 e. The first kappa shape index (κ1) is 13.7. The van der Waals surface area contributed by atoms with Crippen molar-refractivity contribution in [1.29, 1.82) is 0 Å². The Kier molecular flexibility index (Phi) is 5.65. The molecule has 0 bridgehead atoms. The highest BCUT2D eigenvalue weighted by Gasteiger charge is 2.05. The van der Waals surface area contributed by atoms with Gasteiger partial charge >= 0.3 is 0 Å². The summed E-state index contributed by atoms with van der Waals surface area (Å²) in [5.74, 6) is -0.190. The standard InChI is InChI=1S/C11H19N3O3/c1-9(2)14-7-10(6-12-14)13-11(15)8-17-5-4-16-3/h6-7,9H,4-5,8H2,1-3H3,(H,13,15). The second-order valence-electron chi connectivity index (χ2n) is 3.90. The molecule has 1 rings (SSSR count). The molecular formula is C11H19N3O3. The van der Waals surface area contributed by atoms with Gasteiger partial charge < -0.3 is 14.8 Å². The number of hydrogen-bond donors (Lipinski definition) is 1. The Morgan fingerprint density at radius 1 is 1.53 bits per heavy atom. The Hall–Kier alpha value is -1.40. The van der Waals surface area contributed by atoms with Crippen LogP contribution in [0.1, 0.15) is 19.9 Å². The van der Waals surface area contributed by atoms with Crippen molar-refractivity contribution in [2.45, 2.75) is 19.9 Å². The Balaban J connectivity index is 2.29. The number of carbonyl (C=O) groups is 1. The second-order valence-corrected chi connectivity index (χ2v) is 3.90. The van der Waals surface area contributed by atoms with Crippen LogP contribution < -0.4 is 5.32 Å². The molecular weight excluding hydrogens is 222 g/mol. The third-order valence-corrected chi connectivity index (χ3v) is 2.08. The van der Waals surface area contributed by atoms with Gasteiger partial charge in [-0.25, -0.2) is 0 Å². The number of aromatic nitrogens is 2. The highest BCUT2D eigenvalue weighted by atomic mass is 16.5. The molecule has 0 fully saturated rings. The van der Waals surface area contributed by atoms with Crippen LogP contribution in [0.25, 0.3) is 0 Å². The van der Waals surface area contributed by atoms with E-state index in [-0.39, 0.29) is 18.6 Å². The quantitative estimate of drug-likeness (QED) is 0.725. The van der Waals surface area contributed by atoms with E-state index < -0.39 is 0 Å². The number of ether oxygens (including phenoxy) is 2. The van der Waals surface area contributed by atoms with E-state index in [2.05, 4.69) is 10.4 Å². The lowest BCUT2D eigenvalue weighted by molar-refractivity contribution is -0.121. The summed E-state index contributed by atoms with van der Waals surface area (Å²) in [6.07, 6.45) is 3.41. The van der Waals surface area contributed by atoms with Gasteiger partial charge in [-0.15, -0.1) is 0 Å². The van der Waals surface area contributed by atoms with E-state index in [0.717, 1.165) is 0 Å². The number of methoxy groups -OCH3 is 1. The monoisotopic (exact) mass is 241 g/mol. The molecule has 0 aliphatic carbocycles. The van der Waals surface area contributed by atoms with Gasteiger partial charge in [0.05, 0.1) is 25.1 Å². The molecule has 0 atom stereocenters. The van der Waals surface area contributed by atoms with Crippen LogP contribution in [0.3, 0.4) is 0 Å². The fraction of sp³-hybridized carbons (Fsp3) is 0.636. The molecule has 0 unspecified atom stereocenters. The van der Waals surface area contributed by atoms with Crippen molar-refractivity contribution in [2.24, 2.45) is 0 Å². The van der Waals surface area contributed by atoms with Gasteiger partial charge in [0.1, 0.15) is 6.61 Å². The highest BCUT2D eigenvalue weighted by molar-refractivity contribution is 5.91. The van der Waals surface area contributed by atoms with E-state index in [1.807, 2.05) is 13.8 Å². The average molecular weight is 241 g/mol. The molecule has 1 amide bonds. The maximum absolute atomic E-state index is 11.4. The molecule has 0 aliphatic heterocycles. The zero-order valence-corrected chi connectivity index (χ0v) is 10.5. The Bertz CT molecular complexity index is 349. The van der Waals surface area contributed by atoms with Gasteiger partial charge in [0.25, 0.3) is 0 Å². The van der Waals surface area contributed by atoms with Gasteiger partial charge in [0.15, 0.2) is 0 Å². The van der Waals surface area contributed by atoms with Gasteiger partial charge in [-0.3, -0.25) is 9.48 Å². The van der Waals surface area contributed by atoms with Crippen LogP contribution in [0.15, 0.2) is 12.4 Å². The van der Waals surface area contributed by atoms with Crippen LogP contribution in [-0.4, -0.2) is 42.6 Å². The molecule has 0 aliphatic rings. The zero-order valence-electron chi connectivity index (χ0n) is 10.5. The molecule has 17 heavy (non-hydrogen) atoms. The van der Waals surface area contributed by atoms with Crippen molar-refractivity contribution in [3.8, 4) is 0 Å². The number of amides is 1. The normalized spacial score (nSPS) is 10.8. The van der Waals surface area contributed by atoms with E-state index >= 15 is 0 Å². The van der Waals surface area contributed by atoms with Gasteiger partial charge in [0, 0.05) is 19.3 Å². The third-order valence-electron chi connectivity index (χ3n) is 2.08. The summed E-state index contributed by atoms with van der Waals surface area (Å²) in [5.41, 5.74) is 0.680. The average Bonchev–Trinajstić information content (AvgIpc) is 2.73. The van der Waals surface area contributed by atoms with E-state index in [0.29, 0.717) is 18.9 Å². The predicted molar refractivity (Wildman–Crippen MR) is 63.9 cm³/mol. The molecule has 1 aromatic rings. The molecule has 0 spiro atoms. The first-order chi connectivity index (χ1) is 8.13. The van der Waals surface area contributed by atoms with E-state index in [4.69, 9.17) is 9.47 Å². The SMILES string of the molecule is COCCOCC(=O)Nc1cnn(C(C)C)c1. The number of carbonyl (C=O) groups excluding carboxylic acids is 1. The number of anilines is 1. The van der Waals surface area contributed by atoms with Gasteiger partial charge in [-0.1, -0.05) is 0 Å². The Morgan fingerprint density at radius 3 is 2.88 bits per heavy atom. The van der Waals surface area contributed by atoms with Crippen molar-refractivity contribution in [3.05, 3.63) is 12.4 Å². The van der Waals surface area contributed by atoms with Crippen LogP contribution in [0.2, 0.25) is 0 Å². The lowest BCUT2D eigenvalue weighted by Gasteiger charge is -2.05. The van der Waals surface area contributed by atoms with Crippen molar-refractivity contribution in [3.63, 3.8) is 0 Å². The number of rotatable bonds is 7. The summed E-state index contributed by atoms with van der Waals surface area (Å²) in [4.78, 5) is 11.4. The van der Waals surface area contributed by atoms with E-state index in [9.17, 15) is 4.79 Å². The van der Waals surface area contributed by atoms with Crippen molar-refractivity contribution in [2.75, 3.05) is 32.2 Å². The molecule has 1 heterocycles. The molecule has 0 radical (unpaired) electrons. The fourth-order valence-corrected chi connectivity index (χ4v) is 1.19. The van der Waals surface area contributed by atoms with Crippen LogP contribution in [0, 0.1) is 0 Å². The molecule has 0 saturated heterocycles. The minimum absolute atomic E-state index is 0.0240. The topological polar surface area (TPSA) is 65.4 Å². The lowest BCUT2D eigenvalue weighted by Crippen LogP contribution is -2.19. The van der Waals surface area contributed by atoms with Crippen molar-refractivity contribution < 1.29 is 14.3 Å². The second kappa shape index (κ2) is 7.03. The molecule has 1 aromatic heterocycles. The van der Waals surface area contributed by atoms with Crippen LogP contribution in [0.5, 0.6) is 0 Å². The smallest absolute Gasteiger partial charge is 0.250 e. The van der Waals surface area contributed by atoms with Crippen LogP contribution in [0.4, 0.5) is 5.69 Å². The highest BCUT2D eigenvalue weighted by Crippen LogP contribution is 2.09. The lowest BCUT2D eigenvalue weighted by atomic mass is 10.4. The molecule has 0 aromatic carbocycles. The summed E-state index contributed by atoms with van der Waals surface area (Å²) in [5, 5.41) is 6.83. The first-order valence-corrected chi connectivity index (χ1v) is 5.54. The minimum Gasteiger partial charge on any atom is -0.382 e. The van der Waals surface area contributed by atoms with Gasteiger partial charge in [-0.05, 0) is 13.8 Å².